The van der Waals surface area contributed by atoms with Crippen molar-refractivity contribution in [2.45, 2.75) is 24.7 Å². The van der Waals surface area contributed by atoms with Gasteiger partial charge >= 0.3 is 11.8 Å². The van der Waals surface area contributed by atoms with Crippen molar-refractivity contribution < 1.29 is 23.2 Å². The Morgan fingerprint density at radius 1 is 1.52 bits per heavy atom. The van der Waals surface area contributed by atoms with E-state index in [4.69, 9.17) is 5.11 Å². The van der Waals surface area contributed by atoms with E-state index in [0.29, 0.717) is 6.42 Å². The number of nitrogens with one attached hydrogen (secondary N) is 1. The van der Waals surface area contributed by atoms with Gasteiger partial charge in [0.05, 0.1) is 0 Å². The molecule has 2 N–H and O–H groups in total. The number of nitrogens with zero attached hydrogens (tertiary/aromatic N) is 2. The lowest BCUT2D eigenvalue weighted by Crippen LogP contribution is -2.30. The summed E-state index contributed by atoms with van der Waals surface area (Å²) in [5.74, 6) is -1.78. The molecular weight excluding hydrogens is 302 g/mol. The van der Waals surface area contributed by atoms with Crippen LogP contribution in [-0.4, -0.2) is 35.9 Å². The number of hydrogen-bond donors (Lipinski definition) is 2. The van der Waals surface area contributed by atoms with Crippen LogP contribution >= 0.6 is 0 Å². The quantitative estimate of drug-likeness (QED) is 0.533. The van der Waals surface area contributed by atoms with Gasteiger partial charge < -0.3 is 15.2 Å². The average molecular weight is 317 g/mol. The third kappa shape index (κ3) is 5.08. The molecule has 116 valence electrons. The van der Waals surface area contributed by atoms with E-state index in [0.717, 1.165) is 18.3 Å². The van der Waals surface area contributed by atoms with Crippen LogP contribution in [0.3, 0.4) is 0 Å². The van der Waals surface area contributed by atoms with Crippen molar-refractivity contribution in [1.82, 2.24) is 9.71 Å². The first kappa shape index (κ1) is 17.0. The summed E-state index contributed by atoms with van der Waals surface area (Å²) < 4.78 is 26.2. The van der Waals surface area contributed by atoms with Crippen LogP contribution < -0.4 is 4.72 Å². The van der Waals surface area contributed by atoms with E-state index in [2.05, 4.69) is 9.71 Å². The molecule has 0 aromatic carbocycles. The Balaban J connectivity index is 2.76. The van der Waals surface area contributed by atoms with Crippen LogP contribution in [0.4, 0.5) is 5.82 Å². The summed E-state index contributed by atoms with van der Waals surface area (Å²) in [7, 11) is -3.87. The zero-order chi connectivity index (χ0) is 16.0. The van der Waals surface area contributed by atoms with Crippen LogP contribution in [0.5, 0.6) is 0 Å². The Morgan fingerprint density at radius 3 is 2.62 bits per heavy atom. The number of sulfonamides is 1. The standard InChI is InChI=1S/C11H15N3O6S/c1-2-8(5-11(15)16)6-13-21(19,20)9-3-4-10(12-7-9)14(17)18/h3-4,7-8,13H,2,5-6H2,1H3,(H,15,16). The summed E-state index contributed by atoms with van der Waals surface area (Å²) in [6.45, 7) is 1.73. The van der Waals surface area contributed by atoms with E-state index >= 15 is 0 Å². The van der Waals surface area contributed by atoms with E-state index in [1.165, 1.54) is 0 Å². The summed E-state index contributed by atoms with van der Waals surface area (Å²) in [5.41, 5.74) is 0. The van der Waals surface area contributed by atoms with E-state index in [1.54, 1.807) is 6.92 Å². The maximum Gasteiger partial charge on any atom is 0.363 e. The maximum absolute atomic E-state index is 12.0. The van der Waals surface area contributed by atoms with Crippen molar-refractivity contribution in [1.29, 1.82) is 0 Å². The molecule has 0 bridgehead atoms. The Morgan fingerprint density at radius 2 is 2.19 bits per heavy atom. The second-order valence-electron chi connectivity index (χ2n) is 4.33. The number of carboxylic acid groups (broad SMARTS) is 1. The van der Waals surface area contributed by atoms with Gasteiger partial charge in [0.25, 0.3) is 0 Å². The second kappa shape index (κ2) is 7.09. The van der Waals surface area contributed by atoms with Gasteiger partial charge in [0, 0.05) is 19.0 Å². The molecule has 0 aliphatic rings. The summed E-state index contributed by atoms with van der Waals surface area (Å²) in [4.78, 5) is 23.5. The molecule has 0 amide bonds. The Hall–Kier alpha value is -2.07. The predicted octanol–water partition coefficient (Wildman–Crippen LogP) is 0.769. The number of nitro groups is 1. The van der Waals surface area contributed by atoms with E-state index in [9.17, 15) is 23.3 Å². The highest BCUT2D eigenvalue weighted by Crippen LogP contribution is 2.13. The smallest absolute Gasteiger partial charge is 0.363 e. The largest absolute Gasteiger partial charge is 0.481 e. The minimum atomic E-state index is -3.87. The van der Waals surface area contributed by atoms with Crippen LogP contribution in [0.2, 0.25) is 0 Å². The molecule has 0 saturated carbocycles. The lowest BCUT2D eigenvalue weighted by Gasteiger charge is -2.13. The van der Waals surface area contributed by atoms with Crippen LogP contribution in [0.15, 0.2) is 23.2 Å². The summed E-state index contributed by atoms with van der Waals surface area (Å²) >= 11 is 0. The van der Waals surface area contributed by atoms with Gasteiger partial charge in [0.15, 0.2) is 6.20 Å². The molecular formula is C11H15N3O6S. The normalized spacial score (nSPS) is 12.8. The first-order chi connectivity index (χ1) is 9.76. The van der Waals surface area contributed by atoms with Crippen LogP contribution in [0, 0.1) is 16.0 Å². The summed E-state index contributed by atoms with van der Waals surface area (Å²) in [6, 6.07) is 2.06. The molecule has 1 rings (SSSR count). The van der Waals surface area contributed by atoms with Crippen molar-refractivity contribution in [2.24, 2.45) is 5.92 Å². The molecule has 21 heavy (non-hydrogen) atoms. The van der Waals surface area contributed by atoms with Gasteiger partial charge in [-0.1, -0.05) is 13.3 Å². The molecule has 0 spiro atoms. The van der Waals surface area contributed by atoms with Crippen molar-refractivity contribution in [3.63, 3.8) is 0 Å². The first-order valence-corrected chi connectivity index (χ1v) is 7.56. The third-order valence-corrected chi connectivity index (χ3v) is 4.23. The minimum Gasteiger partial charge on any atom is -0.481 e. The Labute approximate surface area is 121 Å². The number of pyridine rings is 1. The van der Waals surface area contributed by atoms with Gasteiger partial charge in [-0.15, -0.1) is 0 Å². The monoisotopic (exact) mass is 317 g/mol. The number of hydrogen-bond acceptors (Lipinski definition) is 6. The third-order valence-electron chi connectivity index (χ3n) is 2.82. The van der Waals surface area contributed by atoms with Gasteiger partial charge in [0.1, 0.15) is 4.90 Å². The SMILES string of the molecule is CCC(CNS(=O)(=O)c1ccc([N+](=O)[O-])nc1)CC(=O)O. The maximum atomic E-state index is 12.0. The Kier molecular flexibility index (Phi) is 5.73. The number of aliphatic carboxylic acids is 1. The number of carbonyl (C=O) groups is 1. The lowest BCUT2D eigenvalue weighted by atomic mass is 10.0. The molecule has 1 aromatic rings. The molecule has 0 aliphatic carbocycles. The van der Waals surface area contributed by atoms with Crippen LogP contribution in [0.25, 0.3) is 0 Å². The number of carboxylic acids is 1. The van der Waals surface area contributed by atoms with E-state index < -0.39 is 26.7 Å². The molecule has 1 heterocycles. The zero-order valence-electron chi connectivity index (χ0n) is 11.2. The molecule has 0 saturated heterocycles. The fraction of sp³-hybridized carbons (Fsp3) is 0.455. The molecule has 1 aromatic heterocycles. The second-order valence-corrected chi connectivity index (χ2v) is 6.10. The highest BCUT2D eigenvalue weighted by molar-refractivity contribution is 7.89. The summed E-state index contributed by atoms with van der Waals surface area (Å²) in [6.07, 6.45) is 1.25. The zero-order valence-corrected chi connectivity index (χ0v) is 12.0. The molecule has 10 heteroatoms. The van der Waals surface area contributed by atoms with Crippen molar-refractivity contribution in [2.75, 3.05) is 6.54 Å². The van der Waals surface area contributed by atoms with Gasteiger partial charge in [-0.25, -0.2) is 13.1 Å². The van der Waals surface area contributed by atoms with Gasteiger partial charge in [-0.05, 0) is 21.9 Å². The molecule has 0 fully saturated rings. The van der Waals surface area contributed by atoms with Gasteiger partial charge in [-0.2, -0.15) is 0 Å². The molecule has 1 unspecified atom stereocenters. The Bertz CT molecular complexity index is 613. The molecule has 0 aliphatic heterocycles. The topological polar surface area (TPSA) is 140 Å². The van der Waals surface area contributed by atoms with Crippen molar-refractivity contribution >= 4 is 21.8 Å². The molecule has 9 nitrogen and oxygen atoms in total. The van der Waals surface area contributed by atoms with Crippen molar-refractivity contribution in [3.8, 4) is 0 Å². The predicted molar refractivity (Wildman–Crippen MR) is 72.1 cm³/mol. The highest BCUT2D eigenvalue weighted by atomic mass is 32.2. The van der Waals surface area contributed by atoms with Crippen molar-refractivity contribution in [3.05, 3.63) is 28.4 Å². The van der Waals surface area contributed by atoms with E-state index in [1.807, 2.05) is 0 Å². The molecule has 0 radical (unpaired) electrons. The number of rotatable bonds is 8. The average Bonchev–Trinajstić information content (AvgIpc) is 2.43. The van der Waals surface area contributed by atoms with Gasteiger partial charge in [-0.3, -0.25) is 4.79 Å². The number of aromatic nitrogens is 1. The van der Waals surface area contributed by atoms with Crippen LogP contribution in [-0.2, 0) is 14.8 Å². The van der Waals surface area contributed by atoms with E-state index in [-0.39, 0.29) is 23.8 Å². The highest BCUT2D eigenvalue weighted by Gasteiger charge is 2.20. The fourth-order valence-electron chi connectivity index (χ4n) is 1.56. The van der Waals surface area contributed by atoms with Crippen LogP contribution in [0.1, 0.15) is 19.8 Å². The fourth-order valence-corrected chi connectivity index (χ4v) is 2.62. The molecule has 1 atom stereocenters. The lowest BCUT2D eigenvalue weighted by molar-refractivity contribution is -0.389. The minimum absolute atomic E-state index is 0.0257. The first-order valence-electron chi connectivity index (χ1n) is 6.08. The summed E-state index contributed by atoms with van der Waals surface area (Å²) in [5, 5.41) is 19.1. The van der Waals surface area contributed by atoms with Gasteiger partial charge in [0.2, 0.25) is 10.0 Å².